The van der Waals surface area contributed by atoms with E-state index in [1.165, 1.54) is 5.56 Å². The SMILES string of the molecule is C=Cc1cccc(COCCOCC)c1. The first-order valence-electron chi connectivity index (χ1n) is 5.23. The number of rotatable bonds is 7. The van der Waals surface area contributed by atoms with Gasteiger partial charge >= 0.3 is 0 Å². The van der Waals surface area contributed by atoms with Crippen molar-refractivity contribution in [2.75, 3.05) is 19.8 Å². The molecule has 2 nitrogen and oxygen atoms in total. The van der Waals surface area contributed by atoms with Gasteiger partial charge in [-0.2, -0.15) is 0 Å². The average Bonchev–Trinajstić information content (AvgIpc) is 2.29. The molecule has 0 bridgehead atoms. The Labute approximate surface area is 91.5 Å². The molecule has 0 fully saturated rings. The lowest BCUT2D eigenvalue weighted by Crippen LogP contribution is -2.03. The fourth-order valence-electron chi connectivity index (χ4n) is 1.26. The normalized spacial score (nSPS) is 10.2. The fourth-order valence-corrected chi connectivity index (χ4v) is 1.26. The molecule has 0 aliphatic heterocycles. The molecule has 0 saturated heterocycles. The lowest BCUT2D eigenvalue weighted by molar-refractivity contribution is 0.0453. The van der Waals surface area contributed by atoms with Gasteiger partial charge in [0.15, 0.2) is 0 Å². The summed E-state index contributed by atoms with van der Waals surface area (Å²) in [5.41, 5.74) is 2.30. The van der Waals surface area contributed by atoms with E-state index < -0.39 is 0 Å². The molecule has 0 N–H and O–H groups in total. The largest absolute Gasteiger partial charge is 0.379 e. The number of hydrogen-bond donors (Lipinski definition) is 0. The van der Waals surface area contributed by atoms with Crippen LogP contribution in [0.25, 0.3) is 6.08 Å². The van der Waals surface area contributed by atoms with Crippen molar-refractivity contribution in [3.05, 3.63) is 42.0 Å². The van der Waals surface area contributed by atoms with Crippen LogP contribution in [-0.2, 0) is 16.1 Å². The molecule has 1 aromatic carbocycles. The summed E-state index contributed by atoms with van der Waals surface area (Å²) in [6.45, 7) is 8.40. The molecule has 1 aromatic rings. The standard InChI is InChI=1S/C13H18O2/c1-3-12-6-5-7-13(10-12)11-15-9-8-14-4-2/h3,5-7,10H,1,4,8-9,11H2,2H3. The Balaban J connectivity index is 2.27. The number of ether oxygens (including phenoxy) is 2. The van der Waals surface area contributed by atoms with Crippen LogP contribution in [0.1, 0.15) is 18.1 Å². The minimum absolute atomic E-state index is 0.634. The van der Waals surface area contributed by atoms with Gasteiger partial charge in [-0.3, -0.25) is 0 Å². The Morgan fingerprint density at radius 1 is 1.27 bits per heavy atom. The van der Waals surface area contributed by atoms with Crippen LogP contribution in [0.15, 0.2) is 30.8 Å². The van der Waals surface area contributed by atoms with Crippen molar-refractivity contribution in [2.45, 2.75) is 13.5 Å². The highest BCUT2D eigenvalue weighted by Crippen LogP contribution is 2.07. The van der Waals surface area contributed by atoms with E-state index in [9.17, 15) is 0 Å². The fraction of sp³-hybridized carbons (Fsp3) is 0.385. The molecule has 1 rings (SSSR count). The van der Waals surface area contributed by atoms with E-state index >= 15 is 0 Å². The monoisotopic (exact) mass is 206 g/mol. The molecule has 0 spiro atoms. The first-order chi connectivity index (χ1) is 7.36. The molecule has 0 aromatic heterocycles. The van der Waals surface area contributed by atoms with Crippen LogP contribution >= 0.6 is 0 Å². The lowest BCUT2D eigenvalue weighted by atomic mass is 10.1. The van der Waals surface area contributed by atoms with Gasteiger partial charge < -0.3 is 9.47 Å². The molecule has 0 amide bonds. The quantitative estimate of drug-likeness (QED) is 0.639. The van der Waals surface area contributed by atoms with Gasteiger partial charge in [-0.05, 0) is 24.1 Å². The second-order valence-electron chi connectivity index (χ2n) is 3.20. The van der Waals surface area contributed by atoms with E-state index in [1.54, 1.807) is 0 Å². The number of benzene rings is 1. The summed E-state index contributed by atoms with van der Waals surface area (Å²) < 4.78 is 10.6. The molecule has 0 radical (unpaired) electrons. The summed E-state index contributed by atoms with van der Waals surface area (Å²) >= 11 is 0. The van der Waals surface area contributed by atoms with Crippen LogP contribution < -0.4 is 0 Å². The Morgan fingerprint density at radius 2 is 2.07 bits per heavy atom. The van der Waals surface area contributed by atoms with Gasteiger partial charge in [0, 0.05) is 6.61 Å². The molecule has 15 heavy (non-hydrogen) atoms. The zero-order chi connectivity index (χ0) is 10.9. The topological polar surface area (TPSA) is 18.5 Å². The molecule has 0 aliphatic carbocycles. The summed E-state index contributed by atoms with van der Waals surface area (Å²) in [4.78, 5) is 0. The highest BCUT2D eigenvalue weighted by atomic mass is 16.5. The predicted octanol–water partition coefficient (Wildman–Crippen LogP) is 2.88. The summed E-state index contributed by atoms with van der Waals surface area (Å²) in [5, 5.41) is 0. The average molecular weight is 206 g/mol. The van der Waals surface area contributed by atoms with Crippen LogP contribution in [0, 0.1) is 0 Å². The minimum Gasteiger partial charge on any atom is -0.379 e. The van der Waals surface area contributed by atoms with Gasteiger partial charge in [0.2, 0.25) is 0 Å². The smallest absolute Gasteiger partial charge is 0.0718 e. The molecule has 0 heterocycles. The third kappa shape index (κ3) is 4.77. The highest BCUT2D eigenvalue weighted by Gasteiger charge is 1.94. The van der Waals surface area contributed by atoms with Gasteiger partial charge in [-0.25, -0.2) is 0 Å². The molecular formula is C13H18O2. The third-order valence-corrected chi connectivity index (χ3v) is 2.03. The van der Waals surface area contributed by atoms with E-state index in [4.69, 9.17) is 9.47 Å². The van der Waals surface area contributed by atoms with Crippen LogP contribution in [0.2, 0.25) is 0 Å². The Hall–Kier alpha value is -1.12. The third-order valence-electron chi connectivity index (χ3n) is 2.03. The first-order valence-corrected chi connectivity index (χ1v) is 5.23. The molecule has 82 valence electrons. The van der Waals surface area contributed by atoms with Gasteiger partial charge in [0.05, 0.1) is 19.8 Å². The summed E-state index contributed by atoms with van der Waals surface area (Å²) in [6, 6.07) is 8.16. The van der Waals surface area contributed by atoms with Crippen LogP contribution in [0.4, 0.5) is 0 Å². The van der Waals surface area contributed by atoms with Crippen LogP contribution in [0.5, 0.6) is 0 Å². The van der Waals surface area contributed by atoms with Crippen LogP contribution in [-0.4, -0.2) is 19.8 Å². The van der Waals surface area contributed by atoms with E-state index in [-0.39, 0.29) is 0 Å². The summed E-state index contributed by atoms with van der Waals surface area (Å²) in [6.07, 6.45) is 1.84. The van der Waals surface area contributed by atoms with E-state index in [0.717, 1.165) is 12.2 Å². The van der Waals surface area contributed by atoms with Gasteiger partial charge in [-0.15, -0.1) is 0 Å². The van der Waals surface area contributed by atoms with Crippen molar-refractivity contribution < 1.29 is 9.47 Å². The maximum atomic E-state index is 5.46. The summed E-state index contributed by atoms with van der Waals surface area (Å²) in [5.74, 6) is 0. The zero-order valence-corrected chi connectivity index (χ0v) is 9.24. The molecule has 2 heteroatoms. The Morgan fingerprint density at radius 3 is 2.80 bits per heavy atom. The Kier molecular flexibility index (Phi) is 5.74. The van der Waals surface area contributed by atoms with Crippen molar-refractivity contribution in [3.63, 3.8) is 0 Å². The van der Waals surface area contributed by atoms with E-state index in [2.05, 4.69) is 12.6 Å². The van der Waals surface area contributed by atoms with Crippen molar-refractivity contribution in [1.29, 1.82) is 0 Å². The van der Waals surface area contributed by atoms with Gasteiger partial charge in [0.1, 0.15) is 0 Å². The van der Waals surface area contributed by atoms with Gasteiger partial charge in [-0.1, -0.05) is 30.9 Å². The molecule has 0 saturated carbocycles. The molecular weight excluding hydrogens is 188 g/mol. The zero-order valence-electron chi connectivity index (χ0n) is 9.24. The Bertz CT molecular complexity index is 294. The second-order valence-corrected chi connectivity index (χ2v) is 3.20. The lowest BCUT2D eigenvalue weighted by Gasteiger charge is -2.05. The maximum Gasteiger partial charge on any atom is 0.0718 e. The van der Waals surface area contributed by atoms with Crippen molar-refractivity contribution in [2.24, 2.45) is 0 Å². The second kappa shape index (κ2) is 7.21. The number of hydrogen-bond acceptors (Lipinski definition) is 2. The van der Waals surface area contributed by atoms with Crippen molar-refractivity contribution >= 4 is 6.08 Å². The summed E-state index contributed by atoms with van der Waals surface area (Å²) in [7, 11) is 0. The minimum atomic E-state index is 0.634. The highest BCUT2D eigenvalue weighted by molar-refractivity contribution is 5.47. The van der Waals surface area contributed by atoms with E-state index in [1.807, 2.05) is 31.2 Å². The predicted molar refractivity (Wildman–Crippen MR) is 62.7 cm³/mol. The van der Waals surface area contributed by atoms with E-state index in [0.29, 0.717) is 19.8 Å². The molecule has 0 atom stereocenters. The first kappa shape index (κ1) is 12.0. The van der Waals surface area contributed by atoms with Gasteiger partial charge in [0.25, 0.3) is 0 Å². The van der Waals surface area contributed by atoms with Crippen LogP contribution in [0.3, 0.4) is 0 Å². The van der Waals surface area contributed by atoms with Crippen molar-refractivity contribution in [3.8, 4) is 0 Å². The van der Waals surface area contributed by atoms with Crippen molar-refractivity contribution in [1.82, 2.24) is 0 Å². The molecule has 0 unspecified atom stereocenters. The maximum absolute atomic E-state index is 5.46. The molecule has 0 aliphatic rings.